The smallest absolute Gasteiger partial charge is 0.257 e. The molecule has 0 aliphatic heterocycles. The molecule has 0 spiro atoms. The third-order valence-corrected chi connectivity index (χ3v) is 4.02. The number of aliphatic hydroxyl groups is 1. The number of hydrogen-bond acceptors (Lipinski definition) is 3. The van der Waals surface area contributed by atoms with Gasteiger partial charge in [-0.3, -0.25) is 4.79 Å². The number of fused-ring (bicyclic) bond motifs is 1. The maximum absolute atomic E-state index is 11.7. The zero-order chi connectivity index (χ0) is 15.4. The van der Waals surface area contributed by atoms with Gasteiger partial charge in [0.1, 0.15) is 5.75 Å². The number of hydrogen-bond donors (Lipinski definition) is 2. The third kappa shape index (κ3) is 3.98. The van der Waals surface area contributed by atoms with E-state index in [0.717, 1.165) is 23.6 Å². The lowest BCUT2D eigenvalue weighted by atomic mass is 10.1. The Morgan fingerprint density at radius 2 is 2.00 bits per heavy atom. The molecule has 1 fully saturated rings. The van der Waals surface area contributed by atoms with E-state index < -0.39 is 0 Å². The number of nitrogens with one attached hydrogen (secondary N) is 1. The molecular weight excluding hydrogens is 278 g/mol. The van der Waals surface area contributed by atoms with Crippen LogP contribution in [0.5, 0.6) is 5.75 Å². The van der Waals surface area contributed by atoms with Crippen LogP contribution < -0.4 is 10.1 Å². The molecule has 4 heteroatoms. The van der Waals surface area contributed by atoms with Gasteiger partial charge in [0.25, 0.3) is 5.91 Å². The molecule has 1 aliphatic carbocycles. The second kappa shape index (κ2) is 6.79. The number of rotatable bonds is 7. The second-order valence-corrected chi connectivity index (χ2v) is 5.84. The van der Waals surface area contributed by atoms with Gasteiger partial charge in [0, 0.05) is 6.54 Å². The molecule has 3 rings (SSSR count). The molecule has 2 N–H and O–H groups in total. The molecule has 0 saturated heterocycles. The van der Waals surface area contributed by atoms with Crippen molar-refractivity contribution in [1.29, 1.82) is 0 Å². The maximum Gasteiger partial charge on any atom is 0.257 e. The molecule has 2 aromatic rings. The van der Waals surface area contributed by atoms with E-state index in [9.17, 15) is 9.90 Å². The number of carbonyl (C=O) groups excluding carboxylic acids is 1. The summed E-state index contributed by atoms with van der Waals surface area (Å²) in [6, 6.07) is 13.8. The predicted octanol–water partition coefficient (Wildman–Crippen LogP) is 2.50. The van der Waals surface area contributed by atoms with Crippen molar-refractivity contribution in [3.63, 3.8) is 0 Å². The summed E-state index contributed by atoms with van der Waals surface area (Å²) in [6.07, 6.45) is 2.56. The summed E-state index contributed by atoms with van der Waals surface area (Å²) in [6.45, 7) is 0.495. The van der Waals surface area contributed by atoms with Crippen molar-refractivity contribution >= 4 is 16.7 Å². The molecule has 2 aromatic carbocycles. The van der Waals surface area contributed by atoms with E-state index in [2.05, 4.69) is 5.32 Å². The first-order valence-electron chi connectivity index (χ1n) is 7.79. The fourth-order valence-electron chi connectivity index (χ4n) is 2.53. The highest BCUT2D eigenvalue weighted by Crippen LogP contribution is 2.33. The van der Waals surface area contributed by atoms with Gasteiger partial charge in [-0.2, -0.15) is 0 Å². The second-order valence-electron chi connectivity index (χ2n) is 5.84. The van der Waals surface area contributed by atoms with Crippen molar-refractivity contribution in [2.75, 3.05) is 13.2 Å². The molecule has 1 unspecified atom stereocenters. The van der Waals surface area contributed by atoms with Crippen LogP contribution in [-0.2, 0) is 4.79 Å². The number of benzene rings is 2. The van der Waals surface area contributed by atoms with Crippen LogP contribution >= 0.6 is 0 Å². The molecule has 22 heavy (non-hydrogen) atoms. The Labute approximate surface area is 130 Å². The average Bonchev–Trinajstić information content (AvgIpc) is 3.37. The van der Waals surface area contributed by atoms with Crippen molar-refractivity contribution in [3.8, 4) is 5.75 Å². The first-order chi connectivity index (χ1) is 10.7. The van der Waals surface area contributed by atoms with Crippen molar-refractivity contribution in [1.82, 2.24) is 5.32 Å². The molecule has 4 nitrogen and oxygen atoms in total. The Kier molecular flexibility index (Phi) is 4.59. The standard InChI is InChI=1S/C18H21NO3/c20-17(14-5-6-14)9-10-19-18(21)12-22-16-8-7-13-3-1-2-4-15(13)11-16/h1-4,7-8,11,14,17,20H,5-6,9-10,12H2,(H,19,21). The van der Waals surface area contributed by atoms with E-state index in [1.165, 1.54) is 0 Å². The topological polar surface area (TPSA) is 58.6 Å². The van der Waals surface area contributed by atoms with Crippen LogP contribution in [-0.4, -0.2) is 30.3 Å². The van der Waals surface area contributed by atoms with E-state index in [0.29, 0.717) is 24.6 Å². The summed E-state index contributed by atoms with van der Waals surface area (Å²) in [4.78, 5) is 11.7. The molecule has 1 saturated carbocycles. The molecule has 1 aliphatic rings. The highest BCUT2D eigenvalue weighted by Gasteiger charge is 2.29. The van der Waals surface area contributed by atoms with Gasteiger partial charge in [-0.1, -0.05) is 30.3 Å². The summed E-state index contributed by atoms with van der Waals surface area (Å²) in [5.74, 6) is 0.980. The monoisotopic (exact) mass is 299 g/mol. The van der Waals surface area contributed by atoms with Crippen molar-refractivity contribution < 1.29 is 14.6 Å². The van der Waals surface area contributed by atoms with Gasteiger partial charge in [-0.05, 0) is 48.1 Å². The van der Waals surface area contributed by atoms with Crippen LogP contribution in [0.2, 0.25) is 0 Å². The zero-order valence-corrected chi connectivity index (χ0v) is 12.5. The van der Waals surface area contributed by atoms with Crippen molar-refractivity contribution in [3.05, 3.63) is 42.5 Å². The summed E-state index contributed by atoms with van der Waals surface area (Å²) < 4.78 is 5.52. The highest BCUT2D eigenvalue weighted by atomic mass is 16.5. The van der Waals surface area contributed by atoms with Crippen LogP contribution in [0.3, 0.4) is 0 Å². The first-order valence-corrected chi connectivity index (χ1v) is 7.79. The fraction of sp³-hybridized carbons (Fsp3) is 0.389. The summed E-state index contributed by atoms with van der Waals surface area (Å²) in [5, 5.41) is 14.7. The molecule has 0 heterocycles. The number of amides is 1. The predicted molar refractivity (Wildman–Crippen MR) is 85.8 cm³/mol. The van der Waals surface area contributed by atoms with Crippen LogP contribution in [0, 0.1) is 5.92 Å². The molecule has 0 radical (unpaired) electrons. The van der Waals surface area contributed by atoms with Crippen LogP contribution in [0.15, 0.2) is 42.5 Å². The maximum atomic E-state index is 11.7. The summed E-state index contributed by atoms with van der Waals surface area (Å²) in [5.41, 5.74) is 0. The number of aliphatic hydroxyl groups excluding tert-OH is 1. The van der Waals surface area contributed by atoms with Gasteiger partial charge in [-0.25, -0.2) is 0 Å². The van der Waals surface area contributed by atoms with Gasteiger partial charge in [-0.15, -0.1) is 0 Å². The Morgan fingerprint density at radius 1 is 1.23 bits per heavy atom. The molecule has 1 atom stereocenters. The summed E-state index contributed by atoms with van der Waals surface area (Å²) in [7, 11) is 0. The van der Waals surface area contributed by atoms with Gasteiger partial charge >= 0.3 is 0 Å². The molecule has 0 bridgehead atoms. The van der Waals surface area contributed by atoms with Crippen LogP contribution in [0.4, 0.5) is 0 Å². The van der Waals surface area contributed by atoms with Gasteiger partial charge in [0.05, 0.1) is 6.10 Å². The van der Waals surface area contributed by atoms with Crippen molar-refractivity contribution in [2.45, 2.75) is 25.4 Å². The Hall–Kier alpha value is -2.07. The fourth-order valence-corrected chi connectivity index (χ4v) is 2.53. The van der Waals surface area contributed by atoms with E-state index in [1.54, 1.807) is 0 Å². The van der Waals surface area contributed by atoms with E-state index in [4.69, 9.17) is 4.74 Å². The van der Waals surface area contributed by atoms with Crippen molar-refractivity contribution in [2.24, 2.45) is 5.92 Å². The Balaban J connectivity index is 1.43. The van der Waals surface area contributed by atoms with Gasteiger partial charge in [0.2, 0.25) is 0 Å². The lowest BCUT2D eigenvalue weighted by molar-refractivity contribution is -0.123. The summed E-state index contributed by atoms with van der Waals surface area (Å²) >= 11 is 0. The van der Waals surface area contributed by atoms with Gasteiger partial charge < -0.3 is 15.2 Å². The minimum atomic E-state index is -0.276. The number of ether oxygens (including phenoxy) is 1. The Bertz CT molecular complexity index is 652. The SMILES string of the molecule is O=C(COc1ccc2ccccc2c1)NCCC(O)C1CC1. The van der Waals surface area contributed by atoms with E-state index in [-0.39, 0.29) is 18.6 Å². The minimum Gasteiger partial charge on any atom is -0.484 e. The first kappa shape index (κ1) is 14.9. The zero-order valence-electron chi connectivity index (χ0n) is 12.5. The quantitative estimate of drug-likeness (QED) is 0.826. The largest absolute Gasteiger partial charge is 0.484 e. The van der Waals surface area contributed by atoms with Crippen LogP contribution in [0.1, 0.15) is 19.3 Å². The van der Waals surface area contributed by atoms with Crippen LogP contribution in [0.25, 0.3) is 10.8 Å². The van der Waals surface area contributed by atoms with E-state index in [1.807, 2.05) is 42.5 Å². The molecule has 116 valence electrons. The normalized spacial score (nSPS) is 15.5. The van der Waals surface area contributed by atoms with Gasteiger partial charge in [0.15, 0.2) is 6.61 Å². The third-order valence-electron chi connectivity index (χ3n) is 4.02. The molecule has 0 aromatic heterocycles. The minimum absolute atomic E-state index is 0.00212. The van der Waals surface area contributed by atoms with E-state index >= 15 is 0 Å². The lowest BCUT2D eigenvalue weighted by Crippen LogP contribution is -2.31. The lowest BCUT2D eigenvalue weighted by Gasteiger charge is -2.11. The average molecular weight is 299 g/mol. The molecule has 1 amide bonds. The molecular formula is C18H21NO3. The number of carbonyl (C=O) groups is 1. The highest BCUT2D eigenvalue weighted by molar-refractivity contribution is 5.84. The Morgan fingerprint density at radius 3 is 2.77 bits per heavy atom.